The molecule has 138 valence electrons. The normalized spacial score (nSPS) is 16.2. The first kappa shape index (κ1) is 17.3. The van der Waals surface area contributed by atoms with Gasteiger partial charge in [0, 0.05) is 24.2 Å². The van der Waals surface area contributed by atoms with Crippen molar-refractivity contribution in [2.45, 2.75) is 19.4 Å². The molecule has 1 N–H and O–H groups in total. The van der Waals surface area contributed by atoms with Crippen LogP contribution in [0.3, 0.4) is 0 Å². The van der Waals surface area contributed by atoms with Gasteiger partial charge < -0.3 is 14.6 Å². The van der Waals surface area contributed by atoms with E-state index in [1.807, 2.05) is 41.0 Å². The first-order valence-electron chi connectivity index (χ1n) is 9.26. The fourth-order valence-electron chi connectivity index (χ4n) is 3.60. The molecule has 0 bridgehead atoms. The Morgan fingerprint density at radius 3 is 2.85 bits per heavy atom. The number of para-hydroxylation sites is 2. The summed E-state index contributed by atoms with van der Waals surface area (Å²) in [6, 6.07) is 17.0. The molecule has 0 aliphatic carbocycles. The minimum atomic E-state index is -0.0535. The van der Waals surface area contributed by atoms with Gasteiger partial charge >= 0.3 is 0 Å². The zero-order valence-electron chi connectivity index (χ0n) is 15.1. The van der Waals surface area contributed by atoms with E-state index in [2.05, 4.69) is 11.4 Å². The summed E-state index contributed by atoms with van der Waals surface area (Å²) in [4.78, 5) is 24.4. The van der Waals surface area contributed by atoms with Crippen LogP contribution in [0.4, 0.5) is 0 Å². The van der Waals surface area contributed by atoms with E-state index in [1.165, 1.54) is 11.6 Å². The number of hydrogen-bond acceptors (Lipinski definition) is 3. The number of amides is 1. The molecule has 0 unspecified atom stereocenters. The Morgan fingerprint density at radius 1 is 1.11 bits per heavy atom. The van der Waals surface area contributed by atoms with E-state index >= 15 is 0 Å². The van der Waals surface area contributed by atoms with Crippen molar-refractivity contribution in [3.8, 4) is 5.75 Å². The standard InChI is InChI=1S/C22H22N2O3/c25-20-9-11-24(19-7-3-2-6-18(19)20)15-22(26)23-14-16-10-12-27-21-8-4-1-5-17(21)13-16/h1-9,11,16H,10,12-15H2,(H,23,26)/t16-/m0/s1. The van der Waals surface area contributed by atoms with Crippen LogP contribution < -0.4 is 15.5 Å². The summed E-state index contributed by atoms with van der Waals surface area (Å²) in [5, 5.41) is 3.68. The van der Waals surface area contributed by atoms with Crippen LogP contribution in [0.1, 0.15) is 12.0 Å². The zero-order valence-corrected chi connectivity index (χ0v) is 15.1. The van der Waals surface area contributed by atoms with Crippen LogP contribution in [0.2, 0.25) is 0 Å². The lowest BCUT2D eigenvalue weighted by Gasteiger charge is -2.16. The second kappa shape index (κ2) is 7.66. The third kappa shape index (κ3) is 3.87. The van der Waals surface area contributed by atoms with E-state index in [1.54, 1.807) is 12.3 Å². The number of benzene rings is 2. The molecular formula is C22H22N2O3. The smallest absolute Gasteiger partial charge is 0.239 e. The van der Waals surface area contributed by atoms with Crippen molar-refractivity contribution in [2.24, 2.45) is 5.92 Å². The summed E-state index contributed by atoms with van der Waals surface area (Å²) in [5.74, 6) is 1.25. The van der Waals surface area contributed by atoms with Gasteiger partial charge in [-0.3, -0.25) is 9.59 Å². The van der Waals surface area contributed by atoms with Crippen LogP contribution in [0.15, 0.2) is 65.6 Å². The number of ether oxygens (including phenoxy) is 1. The molecule has 2 heterocycles. The van der Waals surface area contributed by atoms with Crippen LogP contribution >= 0.6 is 0 Å². The minimum absolute atomic E-state index is 0.0284. The van der Waals surface area contributed by atoms with Gasteiger partial charge in [0.15, 0.2) is 5.43 Å². The summed E-state index contributed by atoms with van der Waals surface area (Å²) in [7, 11) is 0. The first-order chi connectivity index (χ1) is 13.2. The molecule has 4 rings (SSSR count). The van der Waals surface area contributed by atoms with Crippen LogP contribution in [-0.4, -0.2) is 23.6 Å². The maximum absolute atomic E-state index is 12.5. The average molecular weight is 362 g/mol. The molecule has 0 radical (unpaired) electrons. The molecule has 0 saturated carbocycles. The molecule has 0 fully saturated rings. The number of fused-ring (bicyclic) bond motifs is 2. The average Bonchev–Trinajstić information content (AvgIpc) is 2.91. The highest BCUT2D eigenvalue weighted by Crippen LogP contribution is 2.26. The predicted octanol–water partition coefficient (Wildman–Crippen LogP) is 2.76. The minimum Gasteiger partial charge on any atom is -0.493 e. The summed E-state index contributed by atoms with van der Waals surface area (Å²) >= 11 is 0. The molecule has 1 aliphatic rings. The van der Waals surface area contributed by atoms with Gasteiger partial charge in [0.05, 0.1) is 12.1 Å². The molecule has 1 aliphatic heterocycles. The van der Waals surface area contributed by atoms with E-state index in [4.69, 9.17) is 4.74 Å². The summed E-state index contributed by atoms with van der Waals surface area (Å²) in [5.41, 5.74) is 1.94. The molecule has 5 heteroatoms. The van der Waals surface area contributed by atoms with E-state index < -0.39 is 0 Å². The predicted molar refractivity (Wildman–Crippen MR) is 105 cm³/mol. The van der Waals surface area contributed by atoms with Gasteiger partial charge in [-0.25, -0.2) is 0 Å². The highest BCUT2D eigenvalue weighted by molar-refractivity contribution is 5.82. The molecule has 1 atom stereocenters. The van der Waals surface area contributed by atoms with Crippen molar-refractivity contribution in [3.63, 3.8) is 0 Å². The summed E-state index contributed by atoms with van der Waals surface area (Å²) < 4.78 is 7.61. The van der Waals surface area contributed by atoms with Gasteiger partial charge in [-0.05, 0) is 42.5 Å². The molecule has 1 amide bonds. The fraction of sp³-hybridized carbons (Fsp3) is 0.273. The fourth-order valence-corrected chi connectivity index (χ4v) is 3.60. The van der Waals surface area contributed by atoms with Crippen molar-refractivity contribution >= 4 is 16.8 Å². The van der Waals surface area contributed by atoms with E-state index in [0.717, 1.165) is 24.1 Å². The second-order valence-electron chi connectivity index (χ2n) is 6.94. The molecule has 0 saturated heterocycles. The van der Waals surface area contributed by atoms with Gasteiger partial charge in [-0.15, -0.1) is 0 Å². The molecule has 1 aromatic heterocycles. The number of hydrogen-bond donors (Lipinski definition) is 1. The highest BCUT2D eigenvalue weighted by atomic mass is 16.5. The van der Waals surface area contributed by atoms with Gasteiger partial charge in [-0.2, -0.15) is 0 Å². The van der Waals surface area contributed by atoms with Crippen molar-refractivity contribution in [1.29, 1.82) is 0 Å². The lowest BCUT2D eigenvalue weighted by molar-refractivity contribution is -0.121. The zero-order chi connectivity index (χ0) is 18.6. The quantitative estimate of drug-likeness (QED) is 0.776. The van der Waals surface area contributed by atoms with Gasteiger partial charge in [-0.1, -0.05) is 30.3 Å². The van der Waals surface area contributed by atoms with Crippen LogP contribution in [0.25, 0.3) is 10.9 Å². The molecule has 2 aromatic carbocycles. The Bertz CT molecular complexity index is 1030. The lowest BCUT2D eigenvalue weighted by atomic mass is 9.97. The second-order valence-corrected chi connectivity index (χ2v) is 6.94. The Morgan fingerprint density at radius 2 is 1.93 bits per heavy atom. The number of nitrogens with one attached hydrogen (secondary N) is 1. The lowest BCUT2D eigenvalue weighted by Crippen LogP contribution is -2.33. The number of pyridine rings is 1. The van der Waals surface area contributed by atoms with Crippen molar-refractivity contribution in [2.75, 3.05) is 13.2 Å². The van der Waals surface area contributed by atoms with E-state index in [-0.39, 0.29) is 17.9 Å². The molecule has 3 aromatic rings. The number of rotatable bonds is 4. The Hall–Kier alpha value is -3.08. The monoisotopic (exact) mass is 362 g/mol. The largest absolute Gasteiger partial charge is 0.493 e. The summed E-state index contributed by atoms with van der Waals surface area (Å²) in [6.45, 7) is 1.48. The van der Waals surface area contributed by atoms with Gasteiger partial charge in [0.25, 0.3) is 0 Å². The van der Waals surface area contributed by atoms with Crippen molar-refractivity contribution in [1.82, 2.24) is 9.88 Å². The van der Waals surface area contributed by atoms with E-state index in [0.29, 0.717) is 24.5 Å². The molecule has 0 spiro atoms. The Balaban J connectivity index is 1.41. The number of aromatic nitrogens is 1. The molecule has 5 nitrogen and oxygen atoms in total. The van der Waals surface area contributed by atoms with Gasteiger partial charge in [0.2, 0.25) is 5.91 Å². The highest BCUT2D eigenvalue weighted by Gasteiger charge is 2.18. The SMILES string of the molecule is O=C(Cn1ccc(=O)c2ccccc21)NC[C@H]1CCOc2ccccc2C1. The summed E-state index contributed by atoms with van der Waals surface area (Å²) in [6.07, 6.45) is 3.49. The van der Waals surface area contributed by atoms with Crippen molar-refractivity contribution in [3.05, 3.63) is 76.6 Å². The van der Waals surface area contributed by atoms with Crippen LogP contribution in [0.5, 0.6) is 5.75 Å². The van der Waals surface area contributed by atoms with E-state index in [9.17, 15) is 9.59 Å². The number of nitrogens with zero attached hydrogens (tertiary/aromatic N) is 1. The molecular weight excluding hydrogens is 340 g/mol. The van der Waals surface area contributed by atoms with Crippen LogP contribution in [0, 0.1) is 5.92 Å². The van der Waals surface area contributed by atoms with Gasteiger partial charge in [0.1, 0.15) is 12.3 Å². The number of carbonyl (C=O) groups excluding carboxylic acids is 1. The molecule has 27 heavy (non-hydrogen) atoms. The third-order valence-electron chi connectivity index (χ3n) is 5.05. The van der Waals surface area contributed by atoms with Crippen LogP contribution in [-0.2, 0) is 17.8 Å². The topological polar surface area (TPSA) is 60.3 Å². The maximum atomic E-state index is 12.5. The maximum Gasteiger partial charge on any atom is 0.239 e. The van der Waals surface area contributed by atoms with Crippen molar-refractivity contribution < 1.29 is 9.53 Å². The third-order valence-corrected chi connectivity index (χ3v) is 5.05. The number of carbonyl (C=O) groups is 1. The Labute approximate surface area is 157 Å². The Kier molecular flexibility index (Phi) is 4.92. The first-order valence-corrected chi connectivity index (χ1v) is 9.26.